The highest BCUT2D eigenvalue weighted by atomic mass is 16.4. The lowest BCUT2D eigenvalue weighted by atomic mass is 10.2. The van der Waals surface area contributed by atoms with E-state index in [-0.39, 0.29) is 5.92 Å². The lowest BCUT2D eigenvalue weighted by molar-refractivity contribution is 0.494. The van der Waals surface area contributed by atoms with E-state index < -0.39 is 0 Å². The van der Waals surface area contributed by atoms with E-state index >= 15 is 0 Å². The number of nitrogens with two attached hydrogens (primary N) is 1. The number of hydrogen-bond acceptors (Lipinski definition) is 4. The maximum absolute atomic E-state index is 5.51. The first-order valence-corrected chi connectivity index (χ1v) is 5.16. The van der Waals surface area contributed by atoms with Gasteiger partial charge in [-0.2, -0.15) is 0 Å². The molecular formula is C11H15N3O. The number of rotatable bonds is 3. The van der Waals surface area contributed by atoms with Crippen LogP contribution in [0.5, 0.6) is 0 Å². The SMILES string of the molecule is CC(C)c1nc2cc(CCN)cnc2o1. The molecule has 80 valence electrons. The molecule has 2 aromatic rings. The second kappa shape index (κ2) is 3.98. The maximum atomic E-state index is 5.51. The van der Waals surface area contributed by atoms with Crippen molar-refractivity contribution < 1.29 is 4.42 Å². The van der Waals surface area contributed by atoms with E-state index in [0.717, 1.165) is 23.4 Å². The first-order valence-electron chi connectivity index (χ1n) is 5.16. The first-order chi connectivity index (χ1) is 7.20. The molecule has 0 spiro atoms. The molecule has 0 radical (unpaired) electrons. The average molecular weight is 205 g/mol. The predicted molar refractivity (Wildman–Crippen MR) is 58.7 cm³/mol. The van der Waals surface area contributed by atoms with Gasteiger partial charge >= 0.3 is 0 Å². The zero-order valence-corrected chi connectivity index (χ0v) is 9.03. The Labute approximate surface area is 88.5 Å². The monoisotopic (exact) mass is 205 g/mol. The summed E-state index contributed by atoms with van der Waals surface area (Å²) < 4.78 is 5.51. The molecule has 4 heteroatoms. The van der Waals surface area contributed by atoms with E-state index in [9.17, 15) is 0 Å². The topological polar surface area (TPSA) is 64.9 Å². The van der Waals surface area contributed by atoms with Gasteiger partial charge in [0.2, 0.25) is 5.71 Å². The molecular weight excluding hydrogens is 190 g/mol. The second-order valence-electron chi connectivity index (χ2n) is 3.91. The maximum Gasteiger partial charge on any atom is 0.246 e. The Balaban J connectivity index is 2.43. The molecule has 0 bridgehead atoms. The van der Waals surface area contributed by atoms with Crippen molar-refractivity contribution in [2.24, 2.45) is 5.73 Å². The summed E-state index contributed by atoms with van der Waals surface area (Å²) >= 11 is 0. The Morgan fingerprint density at radius 2 is 2.27 bits per heavy atom. The molecule has 0 aliphatic rings. The highest BCUT2D eigenvalue weighted by molar-refractivity contribution is 5.68. The van der Waals surface area contributed by atoms with E-state index in [0.29, 0.717) is 12.3 Å². The first kappa shape index (κ1) is 10.1. The molecule has 2 rings (SSSR count). The Bertz CT molecular complexity index is 462. The molecule has 0 aliphatic heterocycles. The lowest BCUT2D eigenvalue weighted by Crippen LogP contribution is -2.02. The van der Waals surface area contributed by atoms with Crippen LogP contribution in [0.25, 0.3) is 11.2 Å². The fourth-order valence-corrected chi connectivity index (χ4v) is 1.43. The van der Waals surface area contributed by atoms with E-state index in [1.807, 2.05) is 19.9 Å². The van der Waals surface area contributed by atoms with Crippen LogP contribution in [-0.2, 0) is 6.42 Å². The van der Waals surface area contributed by atoms with Crippen LogP contribution in [-0.4, -0.2) is 16.5 Å². The lowest BCUT2D eigenvalue weighted by Gasteiger charge is -1.94. The van der Waals surface area contributed by atoms with Gasteiger partial charge < -0.3 is 10.2 Å². The summed E-state index contributed by atoms with van der Waals surface area (Å²) in [5.41, 5.74) is 8.03. The van der Waals surface area contributed by atoms with Gasteiger partial charge in [0.05, 0.1) is 0 Å². The fraction of sp³-hybridized carbons (Fsp3) is 0.455. The normalized spacial score (nSPS) is 11.5. The minimum absolute atomic E-state index is 0.289. The van der Waals surface area contributed by atoms with Crippen molar-refractivity contribution in [2.45, 2.75) is 26.2 Å². The van der Waals surface area contributed by atoms with E-state index in [1.165, 1.54) is 0 Å². The molecule has 0 saturated heterocycles. The molecule has 15 heavy (non-hydrogen) atoms. The quantitative estimate of drug-likeness (QED) is 0.830. The molecule has 0 amide bonds. The summed E-state index contributed by atoms with van der Waals surface area (Å²) in [6.45, 7) is 4.72. The van der Waals surface area contributed by atoms with Crippen molar-refractivity contribution >= 4 is 11.2 Å². The minimum Gasteiger partial charge on any atom is -0.422 e. The molecule has 0 fully saturated rings. The van der Waals surface area contributed by atoms with E-state index in [4.69, 9.17) is 10.2 Å². The van der Waals surface area contributed by atoms with Gasteiger partial charge in [0.1, 0.15) is 5.52 Å². The van der Waals surface area contributed by atoms with Gasteiger partial charge in [-0.15, -0.1) is 0 Å². The Morgan fingerprint density at radius 3 is 2.93 bits per heavy atom. The minimum atomic E-state index is 0.289. The Kier molecular flexibility index (Phi) is 2.68. The van der Waals surface area contributed by atoms with Gasteiger partial charge in [-0.05, 0) is 24.6 Å². The van der Waals surface area contributed by atoms with Crippen molar-refractivity contribution in [3.8, 4) is 0 Å². The van der Waals surface area contributed by atoms with Crippen LogP contribution in [0.4, 0.5) is 0 Å². The van der Waals surface area contributed by atoms with Crippen LogP contribution in [0.2, 0.25) is 0 Å². The molecule has 2 heterocycles. The number of fused-ring (bicyclic) bond motifs is 1. The average Bonchev–Trinajstić information content (AvgIpc) is 2.61. The van der Waals surface area contributed by atoms with Crippen LogP contribution in [0, 0.1) is 0 Å². The summed E-state index contributed by atoms with van der Waals surface area (Å²) in [5.74, 6) is 1.03. The van der Waals surface area contributed by atoms with Crippen molar-refractivity contribution in [2.75, 3.05) is 6.54 Å². The zero-order valence-electron chi connectivity index (χ0n) is 9.03. The Hall–Kier alpha value is -1.42. The number of hydrogen-bond donors (Lipinski definition) is 1. The molecule has 4 nitrogen and oxygen atoms in total. The highest BCUT2D eigenvalue weighted by Gasteiger charge is 2.10. The predicted octanol–water partition coefficient (Wildman–Crippen LogP) is 1.85. The molecule has 0 aromatic carbocycles. The molecule has 0 atom stereocenters. The van der Waals surface area contributed by atoms with Crippen molar-refractivity contribution in [1.82, 2.24) is 9.97 Å². The van der Waals surface area contributed by atoms with Crippen LogP contribution in [0.15, 0.2) is 16.7 Å². The van der Waals surface area contributed by atoms with Gasteiger partial charge in [0.15, 0.2) is 5.89 Å². The van der Waals surface area contributed by atoms with Crippen molar-refractivity contribution in [1.29, 1.82) is 0 Å². The third kappa shape index (κ3) is 1.99. The third-order valence-electron chi connectivity index (χ3n) is 2.25. The number of aromatic nitrogens is 2. The smallest absolute Gasteiger partial charge is 0.246 e. The Morgan fingerprint density at radius 1 is 1.47 bits per heavy atom. The van der Waals surface area contributed by atoms with Crippen LogP contribution in [0.1, 0.15) is 31.2 Å². The number of oxazole rings is 1. The summed E-state index contributed by atoms with van der Waals surface area (Å²) in [4.78, 5) is 8.60. The van der Waals surface area contributed by atoms with E-state index in [1.54, 1.807) is 6.20 Å². The van der Waals surface area contributed by atoms with Gasteiger partial charge in [-0.3, -0.25) is 0 Å². The standard InChI is InChI=1S/C11H15N3O/c1-7(2)10-14-9-5-8(3-4-12)6-13-11(9)15-10/h5-7H,3-4,12H2,1-2H3. The molecule has 0 saturated carbocycles. The van der Waals surface area contributed by atoms with Crippen molar-refractivity contribution in [3.63, 3.8) is 0 Å². The summed E-state index contributed by atoms with van der Waals surface area (Å²) in [7, 11) is 0. The zero-order chi connectivity index (χ0) is 10.8. The number of nitrogens with zero attached hydrogens (tertiary/aromatic N) is 2. The summed E-state index contributed by atoms with van der Waals surface area (Å²) in [6, 6.07) is 1.99. The molecule has 2 aromatic heterocycles. The third-order valence-corrected chi connectivity index (χ3v) is 2.25. The van der Waals surface area contributed by atoms with Crippen LogP contribution in [0.3, 0.4) is 0 Å². The summed E-state index contributed by atoms with van der Waals surface area (Å²) in [6.07, 6.45) is 2.62. The molecule has 0 aliphatic carbocycles. The molecule has 2 N–H and O–H groups in total. The largest absolute Gasteiger partial charge is 0.422 e. The highest BCUT2D eigenvalue weighted by Crippen LogP contribution is 2.19. The van der Waals surface area contributed by atoms with Gasteiger partial charge in [-0.1, -0.05) is 13.8 Å². The van der Waals surface area contributed by atoms with E-state index in [2.05, 4.69) is 9.97 Å². The molecule has 0 unspecified atom stereocenters. The van der Waals surface area contributed by atoms with Crippen molar-refractivity contribution in [3.05, 3.63) is 23.7 Å². The second-order valence-corrected chi connectivity index (χ2v) is 3.91. The number of pyridine rings is 1. The van der Waals surface area contributed by atoms with Gasteiger partial charge in [-0.25, -0.2) is 9.97 Å². The van der Waals surface area contributed by atoms with Crippen LogP contribution < -0.4 is 5.73 Å². The van der Waals surface area contributed by atoms with Crippen LogP contribution >= 0.6 is 0 Å². The van der Waals surface area contributed by atoms with Gasteiger partial charge in [0.25, 0.3) is 0 Å². The summed E-state index contributed by atoms with van der Waals surface area (Å²) in [5, 5.41) is 0. The van der Waals surface area contributed by atoms with Gasteiger partial charge in [0, 0.05) is 12.1 Å². The fourth-order valence-electron chi connectivity index (χ4n) is 1.43.